The molecule has 0 saturated carbocycles. The standard InChI is InChI=1S/C14H16BrN3O2S/c1-3-9(2)16-12(19)8-21-14-18-17-13(20-14)10-6-4-5-7-11(10)15/h4-7,9H,3,8H2,1-2H3,(H,16,19)/t9-/m0/s1. The summed E-state index contributed by atoms with van der Waals surface area (Å²) in [6, 6.07) is 7.79. The maximum absolute atomic E-state index is 11.7. The minimum atomic E-state index is -0.0324. The Labute approximate surface area is 136 Å². The van der Waals surface area contributed by atoms with Gasteiger partial charge in [-0.15, -0.1) is 10.2 Å². The topological polar surface area (TPSA) is 68.0 Å². The van der Waals surface area contributed by atoms with Crippen molar-refractivity contribution in [1.29, 1.82) is 0 Å². The molecule has 21 heavy (non-hydrogen) atoms. The SMILES string of the molecule is CC[C@H](C)NC(=O)CSc1nnc(-c2ccccc2Br)o1. The number of amides is 1. The molecular weight excluding hydrogens is 354 g/mol. The highest BCUT2D eigenvalue weighted by Crippen LogP contribution is 2.28. The van der Waals surface area contributed by atoms with Gasteiger partial charge in [-0.2, -0.15) is 0 Å². The predicted molar refractivity (Wildman–Crippen MR) is 86.1 cm³/mol. The molecule has 0 unspecified atom stereocenters. The zero-order chi connectivity index (χ0) is 15.2. The maximum Gasteiger partial charge on any atom is 0.277 e. The summed E-state index contributed by atoms with van der Waals surface area (Å²) >= 11 is 4.68. The van der Waals surface area contributed by atoms with Crippen molar-refractivity contribution in [3.63, 3.8) is 0 Å². The average molecular weight is 370 g/mol. The van der Waals surface area contributed by atoms with Crippen LogP contribution in [0.1, 0.15) is 20.3 Å². The van der Waals surface area contributed by atoms with E-state index in [4.69, 9.17) is 4.42 Å². The van der Waals surface area contributed by atoms with Crippen molar-refractivity contribution in [1.82, 2.24) is 15.5 Å². The average Bonchev–Trinajstić information content (AvgIpc) is 2.94. The molecule has 1 aromatic carbocycles. The highest BCUT2D eigenvalue weighted by atomic mass is 79.9. The van der Waals surface area contributed by atoms with Gasteiger partial charge >= 0.3 is 0 Å². The van der Waals surface area contributed by atoms with Crippen LogP contribution in [0.2, 0.25) is 0 Å². The normalized spacial score (nSPS) is 12.1. The lowest BCUT2D eigenvalue weighted by atomic mass is 10.2. The lowest BCUT2D eigenvalue weighted by Crippen LogP contribution is -2.33. The summed E-state index contributed by atoms with van der Waals surface area (Å²) in [5.74, 6) is 0.671. The molecule has 2 rings (SSSR count). The van der Waals surface area contributed by atoms with E-state index in [-0.39, 0.29) is 17.7 Å². The second-order valence-corrected chi connectivity index (χ2v) is 6.30. The summed E-state index contributed by atoms with van der Waals surface area (Å²) in [6.07, 6.45) is 0.906. The molecule has 0 bridgehead atoms. The van der Waals surface area contributed by atoms with Gasteiger partial charge in [-0.25, -0.2) is 0 Å². The summed E-state index contributed by atoms with van der Waals surface area (Å²) < 4.78 is 6.45. The van der Waals surface area contributed by atoms with E-state index in [1.165, 1.54) is 11.8 Å². The Morgan fingerprint density at radius 2 is 2.19 bits per heavy atom. The number of benzene rings is 1. The maximum atomic E-state index is 11.7. The second kappa shape index (κ2) is 7.61. The highest BCUT2D eigenvalue weighted by molar-refractivity contribution is 9.10. The predicted octanol–water partition coefficient (Wildman–Crippen LogP) is 3.51. The third-order valence-corrected chi connectivity index (χ3v) is 4.37. The number of halogens is 1. The van der Waals surface area contributed by atoms with Crippen LogP contribution in [0.25, 0.3) is 11.5 Å². The van der Waals surface area contributed by atoms with E-state index in [0.29, 0.717) is 11.1 Å². The Morgan fingerprint density at radius 3 is 2.90 bits per heavy atom. The van der Waals surface area contributed by atoms with E-state index >= 15 is 0 Å². The van der Waals surface area contributed by atoms with Crippen LogP contribution >= 0.6 is 27.7 Å². The van der Waals surface area contributed by atoms with Gasteiger partial charge in [-0.05, 0) is 41.4 Å². The van der Waals surface area contributed by atoms with Gasteiger partial charge in [-0.3, -0.25) is 4.79 Å². The van der Waals surface area contributed by atoms with E-state index in [1.807, 2.05) is 38.1 Å². The molecule has 1 aromatic heterocycles. The van der Waals surface area contributed by atoms with Gasteiger partial charge in [0.15, 0.2) is 0 Å². The number of aromatic nitrogens is 2. The third kappa shape index (κ3) is 4.57. The molecule has 0 aliphatic heterocycles. The Balaban J connectivity index is 1.95. The Bertz CT molecular complexity index is 618. The number of thioether (sulfide) groups is 1. The molecule has 112 valence electrons. The van der Waals surface area contributed by atoms with Crippen molar-refractivity contribution in [2.45, 2.75) is 31.5 Å². The summed E-state index contributed by atoms with van der Waals surface area (Å²) in [6.45, 7) is 4.00. The van der Waals surface area contributed by atoms with Gasteiger partial charge in [0.2, 0.25) is 11.8 Å². The summed E-state index contributed by atoms with van der Waals surface area (Å²) in [4.78, 5) is 11.7. The van der Waals surface area contributed by atoms with Crippen molar-refractivity contribution in [2.75, 3.05) is 5.75 Å². The highest BCUT2D eigenvalue weighted by Gasteiger charge is 2.13. The molecule has 0 aliphatic carbocycles. The number of nitrogens with one attached hydrogen (secondary N) is 1. The molecule has 1 heterocycles. The fourth-order valence-electron chi connectivity index (χ4n) is 1.56. The minimum absolute atomic E-state index is 0.0324. The number of carbonyl (C=O) groups excluding carboxylic acids is 1. The number of nitrogens with zero attached hydrogens (tertiary/aromatic N) is 2. The first-order valence-electron chi connectivity index (χ1n) is 6.60. The zero-order valence-electron chi connectivity index (χ0n) is 11.8. The van der Waals surface area contributed by atoms with Gasteiger partial charge in [-0.1, -0.05) is 30.8 Å². The lowest BCUT2D eigenvalue weighted by Gasteiger charge is -2.09. The molecule has 5 nitrogen and oxygen atoms in total. The van der Waals surface area contributed by atoms with Crippen LogP contribution in [0, 0.1) is 0 Å². The summed E-state index contributed by atoms with van der Waals surface area (Å²) in [5.41, 5.74) is 0.834. The molecule has 0 radical (unpaired) electrons. The molecular formula is C14H16BrN3O2S. The second-order valence-electron chi connectivity index (χ2n) is 4.52. The van der Waals surface area contributed by atoms with Gasteiger partial charge in [0.05, 0.1) is 11.3 Å². The van der Waals surface area contributed by atoms with Crippen LogP contribution < -0.4 is 5.32 Å². The molecule has 0 fully saturated rings. The van der Waals surface area contributed by atoms with Gasteiger partial charge < -0.3 is 9.73 Å². The van der Waals surface area contributed by atoms with Crippen LogP contribution in [0.3, 0.4) is 0 Å². The number of hydrogen-bond acceptors (Lipinski definition) is 5. The van der Waals surface area contributed by atoms with E-state index in [1.54, 1.807) is 0 Å². The van der Waals surface area contributed by atoms with Crippen molar-refractivity contribution in [3.05, 3.63) is 28.7 Å². The molecule has 1 atom stereocenters. The zero-order valence-corrected chi connectivity index (χ0v) is 14.2. The van der Waals surface area contributed by atoms with Crippen LogP contribution in [-0.2, 0) is 4.79 Å². The largest absolute Gasteiger partial charge is 0.411 e. The number of rotatable bonds is 6. The quantitative estimate of drug-likeness (QED) is 0.789. The molecule has 0 spiro atoms. The lowest BCUT2D eigenvalue weighted by molar-refractivity contribution is -0.119. The van der Waals surface area contributed by atoms with E-state index in [9.17, 15) is 4.79 Å². The molecule has 0 aliphatic rings. The molecule has 1 amide bonds. The third-order valence-electron chi connectivity index (χ3n) is 2.86. The van der Waals surface area contributed by atoms with Crippen molar-refractivity contribution in [3.8, 4) is 11.5 Å². The molecule has 7 heteroatoms. The fraction of sp³-hybridized carbons (Fsp3) is 0.357. The van der Waals surface area contributed by atoms with Gasteiger partial charge in [0.25, 0.3) is 5.22 Å². The Kier molecular flexibility index (Phi) is 5.81. The first-order valence-corrected chi connectivity index (χ1v) is 8.38. The molecule has 1 N–H and O–H groups in total. The van der Waals surface area contributed by atoms with Crippen molar-refractivity contribution < 1.29 is 9.21 Å². The fourth-order valence-corrected chi connectivity index (χ4v) is 2.59. The monoisotopic (exact) mass is 369 g/mol. The van der Waals surface area contributed by atoms with Crippen molar-refractivity contribution in [2.24, 2.45) is 0 Å². The van der Waals surface area contributed by atoms with E-state index < -0.39 is 0 Å². The number of hydrogen-bond donors (Lipinski definition) is 1. The minimum Gasteiger partial charge on any atom is -0.411 e. The summed E-state index contributed by atoms with van der Waals surface area (Å²) in [5, 5.41) is 11.2. The van der Waals surface area contributed by atoms with Crippen LogP contribution in [0.4, 0.5) is 0 Å². The van der Waals surface area contributed by atoms with Crippen LogP contribution in [0.5, 0.6) is 0 Å². The van der Waals surface area contributed by atoms with Crippen LogP contribution in [0.15, 0.2) is 38.4 Å². The number of carbonyl (C=O) groups is 1. The van der Waals surface area contributed by atoms with Gasteiger partial charge in [0.1, 0.15) is 0 Å². The molecule has 2 aromatic rings. The van der Waals surface area contributed by atoms with Gasteiger partial charge in [0, 0.05) is 10.5 Å². The first-order chi connectivity index (χ1) is 10.1. The summed E-state index contributed by atoms with van der Waals surface area (Å²) in [7, 11) is 0. The van der Waals surface area contributed by atoms with E-state index in [0.717, 1.165) is 16.5 Å². The first kappa shape index (κ1) is 16.0. The molecule has 0 saturated heterocycles. The smallest absolute Gasteiger partial charge is 0.277 e. The van der Waals surface area contributed by atoms with E-state index in [2.05, 4.69) is 31.4 Å². The Morgan fingerprint density at radius 1 is 1.43 bits per heavy atom. The van der Waals surface area contributed by atoms with Crippen LogP contribution in [-0.4, -0.2) is 27.9 Å². The van der Waals surface area contributed by atoms with Crippen molar-refractivity contribution >= 4 is 33.6 Å². The Hall–Kier alpha value is -1.34.